The van der Waals surface area contributed by atoms with E-state index in [0.717, 1.165) is 19.4 Å². The summed E-state index contributed by atoms with van der Waals surface area (Å²) in [5.41, 5.74) is 0. The molecule has 0 aromatic heterocycles. The summed E-state index contributed by atoms with van der Waals surface area (Å²) >= 11 is 0. The molecule has 1 unspecified atom stereocenters. The van der Waals surface area contributed by atoms with Crippen LogP contribution < -0.4 is 0 Å². The second-order valence-electron chi connectivity index (χ2n) is 5.51. The molecule has 0 aliphatic carbocycles. The number of aliphatic hydroxyl groups excluding tert-OH is 1. The highest BCUT2D eigenvalue weighted by molar-refractivity contribution is 7.91. The normalized spacial score (nSPS) is 30.6. The van der Waals surface area contributed by atoms with Crippen LogP contribution in [-0.2, 0) is 14.6 Å². The first-order valence-corrected chi connectivity index (χ1v) is 8.56. The summed E-state index contributed by atoms with van der Waals surface area (Å²) in [7, 11) is -1.29. The number of carbonyl (C=O) groups excluding carboxylic acids is 1. The molecule has 7 heteroatoms. The van der Waals surface area contributed by atoms with Gasteiger partial charge in [-0.2, -0.15) is 0 Å². The van der Waals surface area contributed by atoms with Crippen molar-refractivity contribution in [1.29, 1.82) is 0 Å². The molecule has 2 atom stereocenters. The van der Waals surface area contributed by atoms with Crippen molar-refractivity contribution in [2.45, 2.75) is 31.3 Å². The maximum absolute atomic E-state index is 12.2. The molecule has 0 spiro atoms. The number of nitrogens with zero attached hydrogens (tertiary/aromatic N) is 2. The molecular formula is C12H22N2O4S. The van der Waals surface area contributed by atoms with Gasteiger partial charge in [0.15, 0.2) is 9.84 Å². The predicted octanol–water partition coefficient (Wildman–Crippen LogP) is -0.911. The Morgan fingerprint density at radius 3 is 2.74 bits per heavy atom. The minimum Gasteiger partial charge on any atom is -0.395 e. The Hall–Kier alpha value is -0.660. The predicted molar refractivity (Wildman–Crippen MR) is 71.5 cm³/mol. The van der Waals surface area contributed by atoms with Crippen molar-refractivity contribution in [2.75, 3.05) is 38.2 Å². The Balaban J connectivity index is 1.89. The van der Waals surface area contributed by atoms with Crippen LogP contribution in [-0.4, -0.2) is 79.6 Å². The van der Waals surface area contributed by atoms with E-state index in [9.17, 15) is 18.3 Å². The quantitative estimate of drug-likeness (QED) is 0.725. The van der Waals surface area contributed by atoms with Gasteiger partial charge in [-0.25, -0.2) is 8.42 Å². The van der Waals surface area contributed by atoms with E-state index in [1.165, 1.54) is 0 Å². The van der Waals surface area contributed by atoms with Crippen LogP contribution in [0.25, 0.3) is 0 Å². The van der Waals surface area contributed by atoms with E-state index in [0.29, 0.717) is 6.42 Å². The van der Waals surface area contributed by atoms with Crippen LogP contribution in [0.1, 0.15) is 19.3 Å². The van der Waals surface area contributed by atoms with Crippen LogP contribution in [0.4, 0.5) is 0 Å². The summed E-state index contributed by atoms with van der Waals surface area (Å²) in [6.45, 7) is 1.18. The fraction of sp³-hybridized carbons (Fsp3) is 0.917. The zero-order valence-corrected chi connectivity index (χ0v) is 12.1. The molecule has 1 amide bonds. The number of carbonyl (C=O) groups is 1. The molecule has 0 saturated carbocycles. The topological polar surface area (TPSA) is 77.9 Å². The molecule has 0 bridgehead atoms. The first-order valence-electron chi connectivity index (χ1n) is 6.74. The van der Waals surface area contributed by atoms with Crippen LogP contribution in [0.2, 0.25) is 0 Å². The first kappa shape index (κ1) is 14.7. The summed E-state index contributed by atoms with van der Waals surface area (Å²) in [6, 6.07) is -0.114. The Bertz CT molecular complexity index is 437. The van der Waals surface area contributed by atoms with Gasteiger partial charge < -0.3 is 10.0 Å². The molecule has 2 aliphatic rings. The van der Waals surface area contributed by atoms with Crippen LogP contribution in [0, 0.1) is 0 Å². The number of sulfone groups is 1. The van der Waals surface area contributed by atoms with E-state index in [1.807, 2.05) is 4.90 Å². The van der Waals surface area contributed by atoms with Crippen molar-refractivity contribution in [2.24, 2.45) is 0 Å². The van der Waals surface area contributed by atoms with Gasteiger partial charge in [-0.05, 0) is 25.8 Å². The molecule has 0 aromatic carbocycles. The summed E-state index contributed by atoms with van der Waals surface area (Å²) < 4.78 is 22.9. The third-order valence-electron chi connectivity index (χ3n) is 4.20. The lowest BCUT2D eigenvalue weighted by molar-refractivity contribution is -0.133. The van der Waals surface area contributed by atoms with Crippen molar-refractivity contribution in [3.05, 3.63) is 0 Å². The fourth-order valence-electron chi connectivity index (χ4n) is 2.88. The lowest BCUT2D eigenvalue weighted by Crippen LogP contribution is -2.45. The molecule has 2 rings (SSSR count). The van der Waals surface area contributed by atoms with E-state index >= 15 is 0 Å². The molecular weight excluding hydrogens is 268 g/mol. The number of aliphatic hydroxyl groups is 1. The van der Waals surface area contributed by atoms with Gasteiger partial charge in [0.2, 0.25) is 5.91 Å². The molecule has 0 radical (unpaired) electrons. The molecule has 2 heterocycles. The maximum atomic E-state index is 12.2. The molecule has 0 aromatic rings. The average molecular weight is 290 g/mol. The van der Waals surface area contributed by atoms with Gasteiger partial charge in [-0.1, -0.05) is 0 Å². The monoisotopic (exact) mass is 290 g/mol. The fourth-order valence-corrected chi connectivity index (χ4v) is 4.65. The second-order valence-corrected chi connectivity index (χ2v) is 7.74. The lowest BCUT2D eigenvalue weighted by atomic mass is 10.2. The van der Waals surface area contributed by atoms with Crippen molar-refractivity contribution in [3.8, 4) is 0 Å². The third kappa shape index (κ3) is 3.46. The highest BCUT2D eigenvalue weighted by Gasteiger charge is 2.34. The SMILES string of the molecule is CN(C(=O)CN1CCC[C@H]1CO)C1CCS(=O)(=O)C1. The van der Waals surface area contributed by atoms with Gasteiger partial charge in [0, 0.05) is 19.1 Å². The van der Waals surface area contributed by atoms with Gasteiger partial charge in [-0.3, -0.25) is 9.69 Å². The van der Waals surface area contributed by atoms with Crippen molar-refractivity contribution in [3.63, 3.8) is 0 Å². The first-order chi connectivity index (χ1) is 8.93. The molecule has 1 N–H and O–H groups in total. The van der Waals surface area contributed by atoms with Gasteiger partial charge in [-0.15, -0.1) is 0 Å². The molecule has 2 fully saturated rings. The van der Waals surface area contributed by atoms with Gasteiger partial charge in [0.05, 0.1) is 24.7 Å². The van der Waals surface area contributed by atoms with Crippen LogP contribution in [0.5, 0.6) is 0 Å². The molecule has 2 aliphatic heterocycles. The average Bonchev–Trinajstić information content (AvgIpc) is 2.94. The Morgan fingerprint density at radius 1 is 1.42 bits per heavy atom. The molecule has 6 nitrogen and oxygen atoms in total. The highest BCUT2D eigenvalue weighted by atomic mass is 32.2. The summed E-state index contributed by atoms with van der Waals surface area (Å²) in [4.78, 5) is 15.7. The number of likely N-dealkylation sites (N-methyl/N-ethyl adjacent to an activating group) is 1. The molecule has 2 saturated heterocycles. The van der Waals surface area contributed by atoms with Gasteiger partial charge in [0.1, 0.15) is 0 Å². The van der Waals surface area contributed by atoms with Gasteiger partial charge >= 0.3 is 0 Å². The number of likely N-dealkylation sites (tertiary alicyclic amines) is 1. The van der Waals surface area contributed by atoms with Crippen molar-refractivity contribution < 1.29 is 18.3 Å². The van der Waals surface area contributed by atoms with E-state index in [2.05, 4.69) is 0 Å². The summed E-state index contributed by atoms with van der Waals surface area (Å²) in [5, 5.41) is 9.22. The zero-order valence-electron chi connectivity index (χ0n) is 11.3. The van der Waals surface area contributed by atoms with E-state index < -0.39 is 9.84 Å². The largest absolute Gasteiger partial charge is 0.395 e. The zero-order chi connectivity index (χ0) is 14.0. The third-order valence-corrected chi connectivity index (χ3v) is 5.95. The standard InChI is InChI=1S/C12H22N2O4S/c1-13(11-4-6-19(17,18)9-11)12(16)7-14-5-2-3-10(14)8-15/h10-11,15H,2-9H2,1H3/t10-,11?/m0/s1. The van der Waals surface area contributed by atoms with Crippen molar-refractivity contribution in [1.82, 2.24) is 9.80 Å². The number of amides is 1. The number of hydrogen-bond donors (Lipinski definition) is 1. The lowest BCUT2D eigenvalue weighted by Gasteiger charge is -2.28. The Labute approximate surface area is 114 Å². The molecule has 19 heavy (non-hydrogen) atoms. The second kappa shape index (κ2) is 5.76. The highest BCUT2D eigenvalue weighted by Crippen LogP contribution is 2.19. The number of hydrogen-bond acceptors (Lipinski definition) is 5. The van der Waals surface area contributed by atoms with Crippen LogP contribution in [0.15, 0.2) is 0 Å². The maximum Gasteiger partial charge on any atom is 0.236 e. The smallest absolute Gasteiger partial charge is 0.236 e. The minimum atomic E-state index is -2.96. The van der Waals surface area contributed by atoms with Crippen molar-refractivity contribution >= 4 is 15.7 Å². The van der Waals surface area contributed by atoms with E-state index in [4.69, 9.17) is 0 Å². The Morgan fingerprint density at radius 2 is 2.16 bits per heavy atom. The number of rotatable bonds is 4. The van der Waals surface area contributed by atoms with Gasteiger partial charge in [0.25, 0.3) is 0 Å². The summed E-state index contributed by atoms with van der Waals surface area (Å²) in [5.74, 6) is 0.208. The van der Waals surface area contributed by atoms with Crippen LogP contribution >= 0.6 is 0 Å². The van der Waals surface area contributed by atoms with E-state index in [1.54, 1.807) is 11.9 Å². The minimum absolute atomic E-state index is 0.0533. The molecule has 110 valence electrons. The summed E-state index contributed by atoms with van der Waals surface area (Å²) in [6.07, 6.45) is 2.46. The van der Waals surface area contributed by atoms with E-state index in [-0.39, 0.29) is 42.6 Å². The Kier molecular flexibility index (Phi) is 4.47. The van der Waals surface area contributed by atoms with Crippen LogP contribution in [0.3, 0.4) is 0 Å².